The van der Waals surface area contributed by atoms with Crippen LogP contribution in [0, 0.1) is 0 Å². The molecule has 0 fully saturated rings. The number of nitrogens with one attached hydrogen (secondary N) is 2. The molecule has 0 atom stereocenters. The number of hydrogen-bond acceptors (Lipinski definition) is 5. The standard InChI is InChI=1S/C20H24N2O5/c1-4-26-17-11-10-15(12-18(17)27-5-2)22-20(24)19(23)21-13-14-8-6-7-9-16(14)25-3/h6-12H,4-5,13H2,1-3H3,(H,21,23)(H,22,24). The van der Waals surface area contributed by atoms with E-state index in [2.05, 4.69) is 10.6 Å². The van der Waals surface area contributed by atoms with Crippen LogP contribution in [0.2, 0.25) is 0 Å². The quantitative estimate of drug-likeness (QED) is 0.696. The molecule has 2 aromatic carbocycles. The summed E-state index contributed by atoms with van der Waals surface area (Å²) in [5.74, 6) is 0.222. The zero-order valence-electron chi connectivity index (χ0n) is 15.7. The monoisotopic (exact) mass is 372 g/mol. The lowest BCUT2D eigenvalue weighted by Crippen LogP contribution is -2.35. The van der Waals surface area contributed by atoms with Gasteiger partial charge in [-0.05, 0) is 32.0 Å². The van der Waals surface area contributed by atoms with E-state index < -0.39 is 11.8 Å². The third-order valence-electron chi connectivity index (χ3n) is 3.64. The van der Waals surface area contributed by atoms with Gasteiger partial charge in [0.15, 0.2) is 11.5 Å². The Labute approximate surface area is 158 Å². The first-order valence-corrected chi connectivity index (χ1v) is 8.69. The molecule has 2 N–H and O–H groups in total. The Balaban J connectivity index is 1.99. The van der Waals surface area contributed by atoms with Crippen molar-refractivity contribution in [1.82, 2.24) is 5.32 Å². The number of carbonyl (C=O) groups is 2. The second-order valence-corrected chi connectivity index (χ2v) is 5.48. The molecule has 7 heteroatoms. The van der Waals surface area contributed by atoms with Gasteiger partial charge in [0.2, 0.25) is 0 Å². The summed E-state index contributed by atoms with van der Waals surface area (Å²) < 4.78 is 16.2. The average Bonchev–Trinajstić information content (AvgIpc) is 2.68. The number of hydrogen-bond donors (Lipinski definition) is 2. The number of rotatable bonds is 8. The van der Waals surface area contributed by atoms with Gasteiger partial charge in [0.25, 0.3) is 0 Å². The first-order chi connectivity index (χ1) is 13.1. The van der Waals surface area contributed by atoms with E-state index in [1.807, 2.05) is 32.0 Å². The van der Waals surface area contributed by atoms with Gasteiger partial charge in [0, 0.05) is 23.9 Å². The molecule has 0 unspecified atom stereocenters. The average molecular weight is 372 g/mol. The summed E-state index contributed by atoms with van der Waals surface area (Å²) in [5.41, 5.74) is 1.22. The zero-order valence-corrected chi connectivity index (χ0v) is 15.7. The van der Waals surface area contributed by atoms with Crippen molar-refractivity contribution in [3.8, 4) is 17.2 Å². The lowest BCUT2D eigenvalue weighted by atomic mass is 10.2. The molecular formula is C20H24N2O5. The van der Waals surface area contributed by atoms with Gasteiger partial charge in [-0.25, -0.2) is 0 Å². The largest absolute Gasteiger partial charge is 0.496 e. The first-order valence-electron chi connectivity index (χ1n) is 8.69. The van der Waals surface area contributed by atoms with E-state index in [9.17, 15) is 9.59 Å². The van der Waals surface area contributed by atoms with Gasteiger partial charge < -0.3 is 24.8 Å². The predicted octanol–water partition coefficient (Wildman–Crippen LogP) is 2.75. The Bertz CT molecular complexity index is 792. The normalized spacial score (nSPS) is 10.0. The van der Waals surface area contributed by atoms with E-state index in [0.29, 0.717) is 36.1 Å². The van der Waals surface area contributed by atoms with Gasteiger partial charge in [-0.15, -0.1) is 0 Å². The van der Waals surface area contributed by atoms with Crippen molar-refractivity contribution in [2.45, 2.75) is 20.4 Å². The second-order valence-electron chi connectivity index (χ2n) is 5.48. The molecule has 0 spiro atoms. The van der Waals surface area contributed by atoms with Crippen LogP contribution in [0.4, 0.5) is 5.69 Å². The highest BCUT2D eigenvalue weighted by Crippen LogP contribution is 2.30. The van der Waals surface area contributed by atoms with Crippen molar-refractivity contribution >= 4 is 17.5 Å². The molecule has 0 heterocycles. The van der Waals surface area contributed by atoms with Crippen LogP contribution >= 0.6 is 0 Å². The summed E-state index contributed by atoms with van der Waals surface area (Å²) in [6.07, 6.45) is 0. The number of carbonyl (C=O) groups excluding carboxylic acids is 2. The Hall–Kier alpha value is -3.22. The highest BCUT2D eigenvalue weighted by molar-refractivity contribution is 6.39. The lowest BCUT2D eigenvalue weighted by molar-refractivity contribution is -0.136. The van der Waals surface area contributed by atoms with Crippen LogP contribution in [0.5, 0.6) is 17.2 Å². The molecule has 2 rings (SSSR count). The van der Waals surface area contributed by atoms with Crippen molar-refractivity contribution in [3.05, 3.63) is 48.0 Å². The molecule has 7 nitrogen and oxygen atoms in total. The highest BCUT2D eigenvalue weighted by atomic mass is 16.5. The van der Waals surface area contributed by atoms with Gasteiger partial charge in [0.1, 0.15) is 5.75 Å². The summed E-state index contributed by atoms with van der Waals surface area (Å²) in [6, 6.07) is 12.2. The number of amides is 2. The minimum Gasteiger partial charge on any atom is -0.496 e. The summed E-state index contributed by atoms with van der Waals surface area (Å²) in [7, 11) is 1.55. The molecular weight excluding hydrogens is 348 g/mol. The van der Waals surface area contributed by atoms with E-state index in [4.69, 9.17) is 14.2 Å². The molecule has 0 radical (unpaired) electrons. The molecule has 0 aliphatic rings. The predicted molar refractivity (Wildman–Crippen MR) is 102 cm³/mol. The molecule has 2 amide bonds. The molecule has 144 valence electrons. The summed E-state index contributed by atoms with van der Waals surface area (Å²) in [4.78, 5) is 24.2. The summed E-state index contributed by atoms with van der Waals surface area (Å²) >= 11 is 0. The number of anilines is 1. The number of benzene rings is 2. The minimum atomic E-state index is -0.767. The number of para-hydroxylation sites is 1. The van der Waals surface area contributed by atoms with Gasteiger partial charge in [0.05, 0.1) is 20.3 Å². The Morgan fingerprint density at radius 3 is 2.30 bits per heavy atom. The molecule has 0 saturated heterocycles. The maximum absolute atomic E-state index is 12.1. The molecule has 0 aliphatic heterocycles. The van der Waals surface area contributed by atoms with E-state index in [0.717, 1.165) is 5.56 Å². The fourth-order valence-electron chi connectivity index (χ4n) is 2.42. The molecule has 0 bridgehead atoms. The van der Waals surface area contributed by atoms with Crippen molar-refractivity contribution < 1.29 is 23.8 Å². The zero-order chi connectivity index (χ0) is 19.6. The van der Waals surface area contributed by atoms with Crippen molar-refractivity contribution in [3.63, 3.8) is 0 Å². The Morgan fingerprint density at radius 1 is 0.889 bits per heavy atom. The smallest absolute Gasteiger partial charge is 0.313 e. The minimum absolute atomic E-state index is 0.184. The number of ether oxygens (including phenoxy) is 3. The third kappa shape index (κ3) is 5.64. The Kier molecular flexibility index (Phi) is 7.49. The van der Waals surface area contributed by atoms with Gasteiger partial charge >= 0.3 is 11.8 Å². The van der Waals surface area contributed by atoms with Gasteiger partial charge in [-0.3, -0.25) is 9.59 Å². The third-order valence-corrected chi connectivity index (χ3v) is 3.64. The van der Waals surface area contributed by atoms with Crippen molar-refractivity contribution in [1.29, 1.82) is 0 Å². The molecule has 2 aromatic rings. The van der Waals surface area contributed by atoms with Crippen molar-refractivity contribution in [2.75, 3.05) is 25.6 Å². The summed E-state index contributed by atoms with van der Waals surface area (Å²) in [6.45, 7) is 4.86. The van der Waals surface area contributed by atoms with E-state index in [1.165, 1.54) is 0 Å². The van der Waals surface area contributed by atoms with Crippen LogP contribution in [0.25, 0.3) is 0 Å². The van der Waals surface area contributed by atoms with Crippen molar-refractivity contribution in [2.24, 2.45) is 0 Å². The Morgan fingerprint density at radius 2 is 1.59 bits per heavy atom. The fourth-order valence-corrected chi connectivity index (χ4v) is 2.42. The first kappa shape index (κ1) is 20.1. The fraction of sp³-hybridized carbons (Fsp3) is 0.300. The SMILES string of the molecule is CCOc1ccc(NC(=O)C(=O)NCc2ccccc2OC)cc1OCC. The van der Waals surface area contributed by atoms with Crippen LogP contribution in [-0.4, -0.2) is 32.1 Å². The lowest BCUT2D eigenvalue weighted by Gasteiger charge is -2.13. The van der Waals surface area contributed by atoms with Gasteiger partial charge in [-0.1, -0.05) is 18.2 Å². The van der Waals surface area contributed by atoms with Crippen LogP contribution in [0.3, 0.4) is 0 Å². The van der Waals surface area contributed by atoms with Crippen LogP contribution in [0.15, 0.2) is 42.5 Å². The van der Waals surface area contributed by atoms with Crippen LogP contribution < -0.4 is 24.8 Å². The van der Waals surface area contributed by atoms with E-state index in [1.54, 1.807) is 31.4 Å². The topological polar surface area (TPSA) is 85.9 Å². The van der Waals surface area contributed by atoms with E-state index in [-0.39, 0.29) is 6.54 Å². The molecule has 0 aliphatic carbocycles. The second kappa shape index (κ2) is 10.1. The van der Waals surface area contributed by atoms with Gasteiger partial charge in [-0.2, -0.15) is 0 Å². The molecule has 0 aromatic heterocycles. The molecule has 27 heavy (non-hydrogen) atoms. The highest BCUT2D eigenvalue weighted by Gasteiger charge is 2.15. The van der Waals surface area contributed by atoms with Crippen LogP contribution in [-0.2, 0) is 16.1 Å². The number of methoxy groups -OCH3 is 1. The maximum atomic E-state index is 12.1. The van der Waals surface area contributed by atoms with E-state index >= 15 is 0 Å². The molecule has 0 saturated carbocycles. The summed E-state index contributed by atoms with van der Waals surface area (Å²) in [5, 5.41) is 5.14. The van der Waals surface area contributed by atoms with Crippen LogP contribution in [0.1, 0.15) is 19.4 Å². The maximum Gasteiger partial charge on any atom is 0.313 e.